The molecule has 1 fully saturated rings. The summed E-state index contributed by atoms with van der Waals surface area (Å²) in [5.41, 5.74) is 5.46. The summed E-state index contributed by atoms with van der Waals surface area (Å²) in [5.74, 6) is 0.175. The van der Waals surface area contributed by atoms with E-state index in [1.54, 1.807) is 0 Å². The molecule has 2 aliphatic heterocycles. The van der Waals surface area contributed by atoms with Gasteiger partial charge < -0.3 is 20.1 Å². The molecule has 5 nitrogen and oxygen atoms in total. The van der Waals surface area contributed by atoms with Crippen LogP contribution in [0.1, 0.15) is 36.1 Å². The minimum absolute atomic E-state index is 0.175. The van der Waals surface area contributed by atoms with Crippen molar-refractivity contribution in [3.63, 3.8) is 0 Å². The van der Waals surface area contributed by atoms with Gasteiger partial charge in [-0.3, -0.25) is 4.79 Å². The van der Waals surface area contributed by atoms with Crippen LogP contribution in [0.3, 0.4) is 0 Å². The van der Waals surface area contributed by atoms with E-state index in [-0.39, 0.29) is 5.91 Å². The molecule has 140 valence electrons. The predicted molar refractivity (Wildman–Crippen MR) is 105 cm³/mol. The second-order valence-electron chi connectivity index (χ2n) is 7.95. The van der Waals surface area contributed by atoms with E-state index in [2.05, 4.69) is 52.3 Å². The van der Waals surface area contributed by atoms with E-state index in [0.29, 0.717) is 12.5 Å². The Balaban J connectivity index is 1.53. The zero-order chi connectivity index (χ0) is 18.1. The van der Waals surface area contributed by atoms with Gasteiger partial charge >= 0.3 is 0 Å². The third-order valence-electron chi connectivity index (χ3n) is 5.82. The van der Waals surface area contributed by atoms with Gasteiger partial charge in [-0.05, 0) is 51.1 Å². The van der Waals surface area contributed by atoms with Gasteiger partial charge in [-0.15, -0.1) is 0 Å². The van der Waals surface area contributed by atoms with E-state index in [1.807, 2.05) is 0 Å². The molecule has 0 spiro atoms. The minimum atomic E-state index is 0.175. The fraction of sp³-hybridized carbons (Fsp3) is 0.571. The van der Waals surface area contributed by atoms with Crippen molar-refractivity contribution in [1.29, 1.82) is 0 Å². The number of amides is 1. The summed E-state index contributed by atoms with van der Waals surface area (Å²) in [6.45, 7) is 6.98. The Morgan fingerprint density at radius 3 is 3.08 bits per heavy atom. The lowest BCUT2D eigenvalue weighted by molar-refractivity contribution is -0.122. The highest BCUT2D eigenvalue weighted by atomic mass is 16.1. The van der Waals surface area contributed by atoms with Gasteiger partial charge in [0.15, 0.2) is 0 Å². The third-order valence-corrected chi connectivity index (χ3v) is 5.82. The average Bonchev–Trinajstić information content (AvgIpc) is 2.93. The Morgan fingerprint density at radius 2 is 2.27 bits per heavy atom. The number of likely N-dealkylation sites (N-methyl/N-ethyl adjacent to an activating group) is 1. The molecule has 1 atom stereocenters. The normalized spacial score (nSPS) is 20.9. The number of aromatic nitrogens is 1. The molecule has 3 heterocycles. The molecule has 1 saturated heterocycles. The Hall–Kier alpha value is -1.85. The number of aryl methyl sites for hydroxylation is 2. The number of carbonyl (C=O) groups excluding carboxylic acids is 1. The molecule has 0 saturated carbocycles. The maximum Gasteiger partial charge on any atom is 0.222 e. The van der Waals surface area contributed by atoms with Gasteiger partial charge in [0.25, 0.3) is 0 Å². The van der Waals surface area contributed by atoms with E-state index in [4.69, 9.17) is 0 Å². The number of rotatable bonds is 4. The highest BCUT2D eigenvalue weighted by Crippen LogP contribution is 2.31. The van der Waals surface area contributed by atoms with Gasteiger partial charge in [-0.25, -0.2) is 0 Å². The molecule has 2 aliphatic rings. The topological polar surface area (TPSA) is 49.3 Å². The first-order valence-electron chi connectivity index (χ1n) is 9.91. The summed E-state index contributed by atoms with van der Waals surface area (Å²) in [5, 5.41) is 7.93. The SMILES string of the molecule is Cc1ccc2c(c1)c1c(n2CCC(=O)NC2CCCNC2)CCN(C)C1. The third kappa shape index (κ3) is 3.51. The molecular formula is C21H30N4O. The zero-order valence-corrected chi connectivity index (χ0v) is 16.0. The van der Waals surface area contributed by atoms with Gasteiger partial charge in [0, 0.05) is 61.7 Å². The quantitative estimate of drug-likeness (QED) is 0.885. The maximum atomic E-state index is 12.5. The standard InChI is InChI=1S/C21H30N4O/c1-15-5-6-19-17(12-15)18-14-24(2)10-7-20(18)25(19)11-8-21(26)23-16-4-3-9-22-13-16/h5-6,12,16,22H,3-4,7-11,13-14H2,1-2H3,(H,23,26). The fourth-order valence-electron chi connectivity index (χ4n) is 4.44. The predicted octanol–water partition coefficient (Wildman–Crippen LogP) is 2.20. The molecule has 2 N–H and O–H groups in total. The summed E-state index contributed by atoms with van der Waals surface area (Å²) in [4.78, 5) is 14.8. The molecule has 0 radical (unpaired) electrons. The van der Waals surface area contributed by atoms with Gasteiger partial charge in [0.05, 0.1) is 0 Å². The van der Waals surface area contributed by atoms with Crippen molar-refractivity contribution in [1.82, 2.24) is 20.1 Å². The highest BCUT2D eigenvalue weighted by Gasteiger charge is 2.23. The van der Waals surface area contributed by atoms with Crippen LogP contribution in [0.25, 0.3) is 10.9 Å². The minimum Gasteiger partial charge on any atom is -0.352 e. The summed E-state index contributed by atoms with van der Waals surface area (Å²) < 4.78 is 2.40. The molecular weight excluding hydrogens is 324 g/mol. The number of benzene rings is 1. The van der Waals surface area contributed by atoms with Crippen LogP contribution in [0, 0.1) is 6.92 Å². The smallest absolute Gasteiger partial charge is 0.222 e. The van der Waals surface area contributed by atoms with Gasteiger partial charge in [0.2, 0.25) is 5.91 Å². The van der Waals surface area contributed by atoms with Crippen LogP contribution >= 0.6 is 0 Å². The van der Waals surface area contributed by atoms with Crippen molar-refractivity contribution in [3.8, 4) is 0 Å². The number of carbonyl (C=O) groups is 1. The Labute approximate surface area is 155 Å². The molecule has 0 aliphatic carbocycles. The lowest BCUT2D eigenvalue weighted by Crippen LogP contribution is -2.45. The molecule has 1 aromatic heterocycles. The molecule has 4 rings (SSSR count). The second kappa shape index (κ2) is 7.41. The first-order valence-corrected chi connectivity index (χ1v) is 9.91. The van der Waals surface area contributed by atoms with Crippen LogP contribution in [-0.4, -0.2) is 48.1 Å². The maximum absolute atomic E-state index is 12.5. The first-order chi connectivity index (χ1) is 12.6. The summed E-state index contributed by atoms with van der Waals surface area (Å²) in [7, 11) is 2.19. The largest absolute Gasteiger partial charge is 0.352 e. The van der Waals surface area contributed by atoms with E-state index in [0.717, 1.165) is 52.0 Å². The van der Waals surface area contributed by atoms with Crippen LogP contribution in [0.2, 0.25) is 0 Å². The van der Waals surface area contributed by atoms with Crippen LogP contribution in [0.5, 0.6) is 0 Å². The Kier molecular flexibility index (Phi) is 5.00. The van der Waals surface area contributed by atoms with Gasteiger partial charge in [0.1, 0.15) is 0 Å². The summed E-state index contributed by atoms with van der Waals surface area (Å²) in [6.07, 6.45) is 3.85. The zero-order valence-electron chi connectivity index (χ0n) is 16.0. The van der Waals surface area contributed by atoms with Crippen molar-refractivity contribution in [2.75, 3.05) is 26.7 Å². The van der Waals surface area contributed by atoms with Crippen LogP contribution in [0.15, 0.2) is 18.2 Å². The Bertz CT molecular complexity index is 804. The monoisotopic (exact) mass is 354 g/mol. The van der Waals surface area contributed by atoms with Crippen LogP contribution in [-0.2, 0) is 24.3 Å². The number of nitrogens with one attached hydrogen (secondary N) is 2. The number of fused-ring (bicyclic) bond motifs is 3. The lowest BCUT2D eigenvalue weighted by atomic mass is 10.0. The summed E-state index contributed by atoms with van der Waals surface area (Å²) in [6, 6.07) is 7.01. The van der Waals surface area contributed by atoms with E-state index in [1.165, 1.54) is 27.7 Å². The van der Waals surface area contributed by atoms with Crippen LogP contribution < -0.4 is 10.6 Å². The molecule has 0 bridgehead atoms. The lowest BCUT2D eigenvalue weighted by Gasteiger charge is -2.25. The van der Waals surface area contributed by atoms with E-state index >= 15 is 0 Å². The number of nitrogens with zero attached hydrogens (tertiary/aromatic N) is 2. The van der Waals surface area contributed by atoms with E-state index in [9.17, 15) is 4.79 Å². The Morgan fingerprint density at radius 1 is 1.38 bits per heavy atom. The first kappa shape index (κ1) is 17.6. The van der Waals surface area contributed by atoms with Crippen molar-refractivity contribution < 1.29 is 4.79 Å². The average molecular weight is 354 g/mol. The van der Waals surface area contributed by atoms with E-state index < -0.39 is 0 Å². The number of piperidine rings is 1. The molecule has 1 unspecified atom stereocenters. The van der Waals surface area contributed by atoms with Gasteiger partial charge in [-0.2, -0.15) is 0 Å². The highest BCUT2D eigenvalue weighted by molar-refractivity contribution is 5.87. The van der Waals surface area contributed by atoms with Crippen molar-refractivity contribution >= 4 is 16.8 Å². The number of hydrogen-bond donors (Lipinski definition) is 2. The van der Waals surface area contributed by atoms with Gasteiger partial charge in [-0.1, -0.05) is 11.6 Å². The molecule has 2 aromatic rings. The fourth-order valence-corrected chi connectivity index (χ4v) is 4.44. The summed E-state index contributed by atoms with van der Waals surface area (Å²) >= 11 is 0. The second-order valence-corrected chi connectivity index (χ2v) is 7.95. The van der Waals surface area contributed by atoms with Crippen molar-refractivity contribution in [2.45, 2.75) is 51.7 Å². The molecule has 26 heavy (non-hydrogen) atoms. The van der Waals surface area contributed by atoms with Crippen molar-refractivity contribution in [3.05, 3.63) is 35.0 Å². The van der Waals surface area contributed by atoms with Crippen molar-refractivity contribution in [2.24, 2.45) is 0 Å². The molecule has 1 amide bonds. The number of hydrogen-bond acceptors (Lipinski definition) is 3. The molecule has 5 heteroatoms. The van der Waals surface area contributed by atoms with Crippen LogP contribution in [0.4, 0.5) is 0 Å². The molecule has 1 aromatic carbocycles.